The fraction of sp³-hybridized carbons (Fsp3) is 0.385. The van der Waals surface area contributed by atoms with Crippen molar-refractivity contribution in [3.63, 3.8) is 0 Å². The maximum Gasteiger partial charge on any atom is 0.435 e. The molecule has 2 aromatic heterocycles. The zero-order valence-corrected chi connectivity index (χ0v) is 26.2. The first-order valence-electron chi connectivity index (χ1n) is 12.7. The molecule has 2 heterocycles. The first-order chi connectivity index (χ1) is 21.0. The first-order valence-corrected chi connectivity index (χ1v) is 14.9. The van der Waals surface area contributed by atoms with Crippen LogP contribution < -0.4 is 0 Å². The smallest absolute Gasteiger partial charge is 0.322 e. The number of carbonyl (C=O) groups is 2. The summed E-state index contributed by atoms with van der Waals surface area (Å²) in [5.74, 6) is -0.533. The number of nitrogens with zero attached hydrogens (tertiary/aromatic N) is 5. The van der Waals surface area contributed by atoms with Crippen molar-refractivity contribution < 1.29 is 40.3 Å². The van der Waals surface area contributed by atoms with Crippen molar-refractivity contribution in [2.45, 2.75) is 36.9 Å². The number of rotatable bonds is 9. The summed E-state index contributed by atoms with van der Waals surface area (Å²) in [5.41, 5.74) is -7.66. The van der Waals surface area contributed by atoms with E-state index in [2.05, 4.69) is 10.1 Å². The Bertz CT molecular complexity index is 1550. The van der Waals surface area contributed by atoms with E-state index in [1.807, 2.05) is 0 Å². The van der Waals surface area contributed by atoms with Gasteiger partial charge in [-0.15, -0.1) is 23.2 Å². The summed E-state index contributed by atoms with van der Waals surface area (Å²) in [6.45, 7) is 0.277. The molecule has 0 unspecified atom stereocenters. The summed E-state index contributed by atoms with van der Waals surface area (Å²) < 4.78 is 95.1. The maximum absolute atomic E-state index is 14.6. The standard InChI is InChI=1S/C26H19Cl5F7N5O2/c27-3-5-41(6-4-28)23(45)43(16-1-2-16)22(44)17-7-13(10-39-21(17)31)14-11-40-42(12-14)20-18(29)8-15(9-19(20)30)24(32,25(33,34)35)26(36,37)38/h7-12,16H,1-6H2. The van der Waals surface area contributed by atoms with Crippen LogP contribution in [0.5, 0.6) is 0 Å². The molecule has 19 heteroatoms. The highest BCUT2D eigenvalue weighted by Crippen LogP contribution is 2.54. The molecule has 0 spiro atoms. The summed E-state index contributed by atoms with van der Waals surface area (Å²) in [6, 6.07) is 0.649. The second-order valence-corrected chi connectivity index (χ2v) is 11.7. The predicted molar refractivity (Wildman–Crippen MR) is 154 cm³/mol. The van der Waals surface area contributed by atoms with Crippen LogP contribution in [0.4, 0.5) is 35.5 Å². The van der Waals surface area contributed by atoms with Gasteiger partial charge in [-0.3, -0.25) is 9.69 Å². The summed E-state index contributed by atoms with van der Waals surface area (Å²) in [5, 5.41) is 2.24. The van der Waals surface area contributed by atoms with Crippen LogP contribution in [-0.2, 0) is 5.67 Å². The van der Waals surface area contributed by atoms with Crippen molar-refractivity contribution >= 4 is 69.9 Å². The second kappa shape index (κ2) is 13.3. The second-order valence-electron chi connectivity index (χ2n) is 9.73. The van der Waals surface area contributed by atoms with Crippen LogP contribution in [0.25, 0.3) is 16.8 Å². The molecule has 4 rings (SSSR count). The Kier molecular flexibility index (Phi) is 10.4. The van der Waals surface area contributed by atoms with E-state index in [-0.39, 0.29) is 70.6 Å². The van der Waals surface area contributed by atoms with Gasteiger partial charge in [0.15, 0.2) is 0 Å². The Morgan fingerprint density at radius 2 is 1.42 bits per heavy atom. The van der Waals surface area contributed by atoms with E-state index in [0.717, 1.165) is 9.58 Å². The number of aromatic nitrogens is 3. The third kappa shape index (κ3) is 6.95. The molecule has 0 N–H and O–H groups in total. The van der Waals surface area contributed by atoms with Gasteiger partial charge in [0, 0.05) is 60.0 Å². The van der Waals surface area contributed by atoms with E-state index in [9.17, 15) is 40.3 Å². The number of halogens is 12. The summed E-state index contributed by atoms with van der Waals surface area (Å²) in [6.07, 6.45) is -7.91. The molecule has 7 nitrogen and oxygen atoms in total. The molecule has 1 aliphatic carbocycles. The fourth-order valence-corrected chi connectivity index (χ4v) is 5.60. The van der Waals surface area contributed by atoms with Gasteiger partial charge in [-0.1, -0.05) is 34.8 Å². The van der Waals surface area contributed by atoms with Gasteiger partial charge in [0.1, 0.15) is 10.8 Å². The number of carbonyl (C=O) groups excluding carboxylic acids is 2. The zero-order valence-electron chi connectivity index (χ0n) is 22.4. The van der Waals surface area contributed by atoms with Crippen LogP contribution in [-0.4, -0.2) is 79.7 Å². The van der Waals surface area contributed by atoms with Crippen molar-refractivity contribution in [2.75, 3.05) is 24.8 Å². The van der Waals surface area contributed by atoms with E-state index < -0.39 is 45.6 Å². The van der Waals surface area contributed by atoms with Crippen molar-refractivity contribution in [3.8, 4) is 16.8 Å². The number of hydrogen-bond acceptors (Lipinski definition) is 4. The Morgan fingerprint density at radius 1 is 0.867 bits per heavy atom. The number of urea groups is 1. The SMILES string of the molecule is O=C(c1cc(-c2cnn(-c3c(Cl)cc(C(F)(C(F)(F)F)C(F)(F)F)cc3Cl)c2)cnc1Cl)N(C(=O)N(CCCl)CCCl)C1CC1. The Balaban J connectivity index is 1.69. The minimum atomic E-state index is -6.37. The topological polar surface area (TPSA) is 71.3 Å². The molecule has 3 amide bonds. The van der Waals surface area contributed by atoms with Gasteiger partial charge in [0.05, 0.1) is 21.8 Å². The molecule has 1 aromatic carbocycles. The number of pyridine rings is 1. The lowest BCUT2D eigenvalue weighted by molar-refractivity contribution is -0.348. The van der Waals surface area contributed by atoms with Gasteiger partial charge in [-0.2, -0.15) is 31.4 Å². The van der Waals surface area contributed by atoms with Crippen LogP contribution >= 0.6 is 58.0 Å². The molecule has 0 atom stereocenters. The number of imide groups is 1. The van der Waals surface area contributed by atoms with E-state index in [1.54, 1.807) is 0 Å². The van der Waals surface area contributed by atoms with Crippen molar-refractivity contribution in [1.82, 2.24) is 24.6 Å². The highest BCUT2D eigenvalue weighted by atomic mass is 35.5. The minimum absolute atomic E-state index is 0.104. The van der Waals surface area contributed by atoms with E-state index in [4.69, 9.17) is 58.0 Å². The summed E-state index contributed by atoms with van der Waals surface area (Å²) in [4.78, 5) is 33.3. The van der Waals surface area contributed by atoms with Crippen LogP contribution in [0.15, 0.2) is 36.8 Å². The van der Waals surface area contributed by atoms with Crippen molar-refractivity contribution in [3.05, 3.63) is 63.1 Å². The molecular formula is C26H19Cl5F7N5O2. The lowest BCUT2D eigenvalue weighted by Crippen LogP contribution is -2.50. The van der Waals surface area contributed by atoms with Gasteiger partial charge in [-0.25, -0.2) is 18.9 Å². The van der Waals surface area contributed by atoms with Crippen LogP contribution in [0.1, 0.15) is 28.8 Å². The number of hydrogen-bond donors (Lipinski definition) is 0. The molecule has 0 aliphatic heterocycles. The largest absolute Gasteiger partial charge is 0.435 e. The Labute approximate surface area is 275 Å². The highest BCUT2D eigenvalue weighted by molar-refractivity contribution is 6.38. The molecular weight excluding hydrogens is 725 g/mol. The maximum atomic E-state index is 14.6. The lowest BCUT2D eigenvalue weighted by atomic mass is 9.94. The predicted octanol–water partition coefficient (Wildman–Crippen LogP) is 8.69. The highest BCUT2D eigenvalue weighted by Gasteiger charge is 2.73. The average Bonchev–Trinajstić information content (AvgIpc) is 3.66. The number of amides is 3. The summed E-state index contributed by atoms with van der Waals surface area (Å²) in [7, 11) is 0. The quantitative estimate of drug-likeness (QED) is 0.125. The number of alkyl halides is 9. The normalized spacial score (nSPS) is 14.0. The lowest BCUT2D eigenvalue weighted by Gasteiger charge is -2.30. The molecule has 1 aliphatic rings. The van der Waals surface area contributed by atoms with Crippen LogP contribution in [0.3, 0.4) is 0 Å². The molecule has 1 saturated carbocycles. The van der Waals surface area contributed by atoms with Gasteiger partial charge in [-0.05, 0) is 31.0 Å². The molecule has 3 aromatic rings. The molecule has 0 saturated heterocycles. The van der Waals surface area contributed by atoms with Gasteiger partial charge < -0.3 is 4.90 Å². The van der Waals surface area contributed by atoms with Gasteiger partial charge >= 0.3 is 24.1 Å². The average molecular weight is 744 g/mol. The third-order valence-electron chi connectivity index (χ3n) is 6.73. The van der Waals surface area contributed by atoms with E-state index >= 15 is 0 Å². The molecule has 1 fully saturated rings. The Hall–Kier alpha value is -2.52. The molecule has 0 bridgehead atoms. The van der Waals surface area contributed by atoms with E-state index in [0.29, 0.717) is 12.8 Å². The zero-order chi connectivity index (χ0) is 33.5. The van der Waals surface area contributed by atoms with Crippen LogP contribution in [0.2, 0.25) is 15.2 Å². The Morgan fingerprint density at radius 3 is 1.91 bits per heavy atom. The minimum Gasteiger partial charge on any atom is -0.322 e. The first kappa shape index (κ1) is 35.3. The summed E-state index contributed by atoms with van der Waals surface area (Å²) >= 11 is 29.9. The van der Waals surface area contributed by atoms with Crippen LogP contribution in [0, 0.1) is 0 Å². The molecule has 244 valence electrons. The van der Waals surface area contributed by atoms with Gasteiger partial charge in [0.2, 0.25) is 0 Å². The monoisotopic (exact) mass is 741 g/mol. The number of benzene rings is 1. The third-order valence-corrected chi connectivity index (χ3v) is 7.94. The fourth-order valence-electron chi connectivity index (χ4n) is 4.35. The van der Waals surface area contributed by atoms with Gasteiger partial charge in [0.25, 0.3) is 5.91 Å². The van der Waals surface area contributed by atoms with E-state index in [1.165, 1.54) is 29.6 Å². The molecule has 0 radical (unpaired) electrons. The van der Waals surface area contributed by atoms with Crippen molar-refractivity contribution in [2.24, 2.45) is 0 Å². The molecule has 45 heavy (non-hydrogen) atoms. The van der Waals surface area contributed by atoms with Crippen molar-refractivity contribution in [1.29, 1.82) is 0 Å².